The molecule has 1 unspecified atom stereocenters. The Kier molecular flexibility index (Phi) is 3.61. The van der Waals surface area contributed by atoms with Gasteiger partial charge in [0.05, 0.1) is 5.69 Å². The van der Waals surface area contributed by atoms with E-state index in [1.165, 1.54) is 12.8 Å². The summed E-state index contributed by atoms with van der Waals surface area (Å²) < 4.78 is 4.96. The normalized spacial score (nSPS) is 13.7. The summed E-state index contributed by atoms with van der Waals surface area (Å²) in [7, 11) is 1.98. The molecule has 2 heterocycles. The van der Waals surface area contributed by atoms with Crippen LogP contribution in [0.1, 0.15) is 45.3 Å². The van der Waals surface area contributed by atoms with E-state index in [9.17, 15) is 0 Å². The molecule has 2 aromatic heterocycles. The second-order valence-corrected chi connectivity index (χ2v) is 5.41. The lowest BCUT2D eigenvalue weighted by Gasteiger charge is -2.23. The molecular formula is C13H22N4S. The summed E-state index contributed by atoms with van der Waals surface area (Å²) in [5.41, 5.74) is 3.19. The Labute approximate surface area is 113 Å². The first-order chi connectivity index (χ1) is 8.51. The third-order valence-corrected chi connectivity index (χ3v) is 4.31. The van der Waals surface area contributed by atoms with Gasteiger partial charge >= 0.3 is 0 Å². The maximum atomic E-state index is 5.48. The van der Waals surface area contributed by atoms with Crippen LogP contribution < -0.4 is 0 Å². The molecule has 0 spiro atoms. The van der Waals surface area contributed by atoms with E-state index in [1.807, 2.05) is 18.7 Å². The molecule has 0 aliphatic rings. The lowest BCUT2D eigenvalue weighted by atomic mass is 9.95. The van der Waals surface area contributed by atoms with Crippen molar-refractivity contribution in [3.8, 4) is 0 Å². The van der Waals surface area contributed by atoms with Crippen LogP contribution in [0.5, 0.6) is 0 Å². The fraction of sp³-hybridized carbons (Fsp3) is 0.692. The van der Waals surface area contributed by atoms with E-state index in [0.29, 0.717) is 12.0 Å². The van der Waals surface area contributed by atoms with Gasteiger partial charge in [-0.1, -0.05) is 26.7 Å². The highest BCUT2D eigenvalue weighted by atomic mass is 32.1. The molecule has 2 aromatic rings. The molecule has 0 saturated carbocycles. The number of fused-ring (bicyclic) bond motifs is 1. The Morgan fingerprint density at radius 3 is 2.50 bits per heavy atom. The molecule has 100 valence electrons. The smallest absolute Gasteiger partial charge is 0.179 e. The van der Waals surface area contributed by atoms with Gasteiger partial charge in [0.15, 0.2) is 10.4 Å². The summed E-state index contributed by atoms with van der Waals surface area (Å²) >= 11 is 5.48. The second-order valence-electron chi connectivity index (χ2n) is 5.02. The van der Waals surface area contributed by atoms with Crippen LogP contribution in [0.2, 0.25) is 0 Å². The van der Waals surface area contributed by atoms with E-state index in [1.54, 1.807) is 0 Å². The van der Waals surface area contributed by atoms with Crippen LogP contribution in [-0.4, -0.2) is 19.3 Å². The minimum atomic E-state index is 0.399. The van der Waals surface area contributed by atoms with Crippen molar-refractivity contribution < 1.29 is 0 Å². The Morgan fingerprint density at radius 2 is 1.94 bits per heavy atom. The van der Waals surface area contributed by atoms with Crippen molar-refractivity contribution in [3.05, 3.63) is 10.5 Å². The summed E-state index contributed by atoms with van der Waals surface area (Å²) in [6.45, 7) is 8.75. The van der Waals surface area contributed by atoms with Gasteiger partial charge in [-0.05, 0) is 32.0 Å². The number of nitrogens with one attached hydrogen (secondary N) is 1. The van der Waals surface area contributed by atoms with Crippen LogP contribution in [0.25, 0.3) is 11.2 Å². The first-order valence-corrected chi connectivity index (χ1v) is 7.05. The van der Waals surface area contributed by atoms with Gasteiger partial charge in [-0.25, -0.2) is 0 Å². The van der Waals surface area contributed by atoms with Crippen molar-refractivity contribution in [1.82, 2.24) is 19.3 Å². The number of aryl methyl sites for hydroxylation is 2. The van der Waals surface area contributed by atoms with Gasteiger partial charge in [0, 0.05) is 13.1 Å². The standard InChI is InChI=1S/C13H22N4S/c1-6-10(7-2)9(4)17-12-11(14-13(17)18)8(3)15-16(12)5/h9-10H,6-7H2,1-5H3,(H,14,18). The molecule has 0 aliphatic heterocycles. The summed E-state index contributed by atoms with van der Waals surface area (Å²) in [5, 5.41) is 4.46. The average Bonchev–Trinajstić information content (AvgIpc) is 2.79. The van der Waals surface area contributed by atoms with Gasteiger partial charge in [0.25, 0.3) is 0 Å². The monoisotopic (exact) mass is 266 g/mol. The first kappa shape index (κ1) is 13.3. The first-order valence-electron chi connectivity index (χ1n) is 6.65. The van der Waals surface area contributed by atoms with Gasteiger partial charge in [-0.2, -0.15) is 5.10 Å². The SMILES string of the molecule is CCC(CC)C(C)n1c(=S)[nH]c2c(C)nn(C)c21. The van der Waals surface area contributed by atoms with Crippen LogP contribution in [0.3, 0.4) is 0 Å². The highest BCUT2D eigenvalue weighted by molar-refractivity contribution is 7.71. The van der Waals surface area contributed by atoms with E-state index >= 15 is 0 Å². The third kappa shape index (κ3) is 1.90. The molecule has 4 nitrogen and oxygen atoms in total. The summed E-state index contributed by atoms with van der Waals surface area (Å²) in [6, 6.07) is 0.399. The zero-order valence-electron chi connectivity index (χ0n) is 11.8. The van der Waals surface area contributed by atoms with E-state index < -0.39 is 0 Å². The molecule has 1 atom stereocenters. The third-order valence-electron chi connectivity index (χ3n) is 4.01. The number of rotatable bonds is 4. The summed E-state index contributed by atoms with van der Waals surface area (Å²) in [6.07, 6.45) is 2.34. The van der Waals surface area contributed by atoms with Crippen LogP contribution in [0.4, 0.5) is 0 Å². The number of H-pyrrole nitrogens is 1. The topological polar surface area (TPSA) is 38.5 Å². The quantitative estimate of drug-likeness (QED) is 0.856. The van der Waals surface area contributed by atoms with Gasteiger partial charge in [0.2, 0.25) is 0 Å². The molecular weight excluding hydrogens is 244 g/mol. The van der Waals surface area contributed by atoms with Crippen molar-refractivity contribution in [1.29, 1.82) is 0 Å². The van der Waals surface area contributed by atoms with E-state index in [2.05, 4.69) is 35.4 Å². The minimum Gasteiger partial charge on any atom is -0.328 e. The molecule has 5 heteroatoms. The molecule has 0 bridgehead atoms. The Hall–Kier alpha value is -1.10. The lowest BCUT2D eigenvalue weighted by Crippen LogP contribution is -2.17. The molecule has 0 amide bonds. The van der Waals surface area contributed by atoms with E-state index in [4.69, 9.17) is 12.2 Å². The number of nitrogens with zero attached hydrogens (tertiary/aromatic N) is 3. The molecule has 2 rings (SSSR count). The fourth-order valence-corrected chi connectivity index (χ4v) is 3.25. The molecule has 0 saturated heterocycles. The molecule has 0 radical (unpaired) electrons. The number of hydrogen-bond donors (Lipinski definition) is 1. The second kappa shape index (κ2) is 4.88. The number of aromatic amines is 1. The maximum Gasteiger partial charge on any atom is 0.179 e. The number of imidazole rings is 1. The van der Waals surface area contributed by atoms with Crippen LogP contribution in [0.15, 0.2) is 0 Å². The highest BCUT2D eigenvalue weighted by Gasteiger charge is 2.21. The van der Waals surface area contributed by atoms with Gasteiger partial charge < -0.3 is 4.98 Å². The van der Waals surface area contributed by atoms with Crippen LogP contribution >= 0.6 is 12.2 Å². The average molecular weight is 266 g/mol. The molecule has 18 heavy (non-hydrogen) atoms. The van der Waals surface area contributed by atoms with Crippen LogP contribution in [0, 0.1) is 17.6 Å². The lowest BCUT2D eigenvalue weighted by molar-refractivity contribution is 0.334. The van der Waals surface area contributed by atoms with Gasteiger partial charge in [-0.3, -0.25) is 9.25 Å². The predicted octanol–water partition coefficient (Wildman–Crippen LogP) is 3.74. The van der Waals surface area contributed by atoms with E-state index in [-0.39, 0.29) is 0 Å². The Bertz CT molecular complexity index is 600. The highest BCUT2D eigenvalue weighted by Crippen LogP contribution is 2.29. The van der Waals surface area contributed by atoms with Gasteiger partial charge in [-0.15, -0.1) is 0 Å². The zero-order valence-corrected chi connectivity index (χ0v) is 12.6. The van der Waals surface area contributed by atoms with Crippen molar-refractivity contribution in [3.63, 3.8) is 0 Å². The minimum absolute atomic E-state index is 0.399. The molecule has 0 aromatic carbocycles. The number of aromatic nitrogens is 4. The Morgan fingerprint density at radius 1 is 1.33 bits per heavy atom. The predicted molar refractivity (Wildman–Crippen MR) is 77.4 cm³/mol. The summed E-state index contributed by atoms with van der Waals surface area (Å²) in [5.74, 6) is 0.644. The van der Waals surface area contributed by atoms with E-state index in [0.717, 1.165) is 21.6 Å². The van der Waals surface area contributed by atoms with Crippen molar-refractivity contribution in [2.24, 2.45) is 13.0 Å². The van der Waals surface area contributed by atoms with Crippen LogP contribution in [-0.2, 0) is 7.05 Å². The van der Waals surface area contributed by atoms with Gasteiger partial charge in [0.1, 0.15) is 5.52 Å². The maximum absolute atomic E-state index is 5.48. The number of hydrogen-bond acceptors (Lipinski definition) is 2. The molecule has 0 aliphatic carbocycles. The van der Waals surface area contributed by atoms with Crippen molar-refractivity contribution >= 4 is 23.4 Å². The zero-order chi connectivity index (χ0) is 13.4. The largest absolute Gasteiger partial charge is 0.328 e. The molecule has 1 N–H and O–H groups in total. The Balaban J connectivity index is 2.63. The fourth-order valence-electron chi connectivity index (χ4n) is 2.89. The summed E-state index contributed by atoms with van der Waals surface area (Å²) in [4.78, 5) is 3.29. The van der Waals surface area contributed by atoms with Crippen molar-refractivity contribution in [2.75, 3.05) is 0 Å². The molecule has 0 fully saturated rings. The van der Waals surface area contributed by atoms with Crippen molar-refractivity contribution in [2.45, 2.75) is 46.6 Å².